The topological polar surface area (TPSA) is 69.0 Å². The minimum absolute atomic E-state index is 0.104. The number of hydrogen-bond acceptors (Lipinski definition) is 4. The zero-order chi connectivity index (χ0) is 20.1. The van der Waals surface area contributed by atoms with Crippen LogP contribution in [0, 0.1) is 0 Å². The monoisotopic (exact) mass is 386 g/mol. The van der Waals surface area contributed by atoms with E-state index >= 15 is 0 Å². The van der Waals surface area contributed by atoms with E-state index in [4.69, 9.17) is 4.74 Å². The smallest absolute Gasteiger partial charge is 0.240 e. The Bertz CT molecular complexity index is 1090. The molecule has 2 heterocycles. The van der Waals surface area contributed by atoms with Gasteiger partial charge in [-0.05, 0) is 43.3 Å². The minimum Gasteiger partial charge on any atom is -0.486 e. The lowest BCUT2D eigenvalue weighted by Gasteiger charge is -2.15. The minimum atomic E-state index is -0.178. The molecule has 146 valence electrons. The van der Waals surface area contributed by atoms with Crippen LogP contribution in [0.3, 0.4) is 0 Å². The number of imidazole rings is 1. The second kappa shape index (κ2) is 8.56. The number of para-hydroxylation sites is 3. The van der Waals surface area contributed by atoms with Crippen molar-refractivity contribution in [1.82, 2.24) is 19.9 Å². The number of ether oxygens (including phenoxy) is 1. The van der Waals surface area contributed by atoms with Crippen LogP contribution in [0.4, 0.5) is 0 Å². The summed E-state index contributed by atoms with van der Waals surface area (Å²) in [5.41, 5.74) is 2.56. The zero-order valence-electron chi connectivity index (χ0n) is 16.2. The number of nitrogens with one attached hydrogen (secondary N) is 1. The highest BCUT2D eigenvalue weighted by molar-refractivity contribution is 5.81. The molecule has 29 heavy (non-hydrogen) atoms. The molecule has 1 atom stereocenters. The van der Waals surface area contributed by atoms with Crippen LogP contribution in [0.5, 0.6) is 5.75 Å². The lowest BCUT2D eigenvalue weighted by Crippen LogP contribution is -2.31. The molecule has 1 N–H and O–H groups in total. The average Bonchev–Trinajstić information content (AvgIpc) is 3.11. The van der Waals surface area contributed by atoms with E-state index in [-0.39, 0.29) is 25.1 Å². The van der Waals surface area contributed by atoms with Crippen LogP contribution in [-0.4, -0.2) is 20.4 Å². The van der Waals surface area contributed by atoms with Crippen molar-refractivity contribution in [3.05, 3.63) is 90.5 Å². The van der Waals surface area contributed by atoms with E-state index in [0.717, 1.165) is 22.5 Å². The van der Waals surface area contributed by atoms with Crippen molar-refractivity contribution in [3.8, 4) is 5.75 Å². The van der Waals surface area contributed by atoms with Crippen LogP contribution in [0.1, 0.15) is 24.5 Å². The number of aromatic nitrogens is 3. The maximum absolute atomic E-state index is 12.7. The van der Waals surface area contributed by atoms with E-state index in [1.807, 2.05) is 84.3 Å². The van der Waals surface area contributed by atoms with Crippen molar-refractivity contribution in [3.63, 3.8) is 0 Å². The molecule has 0 spiro atoms. The van der Waals surface area contributed by atoms with Gasteiger partial charge >= 0.3 is 0 Å². The Labute approximate surface area is 169 Å². The normalized spacial score (nSPS) is 11.9. The first-order chi connectivity index (χ1) is 14.2. The van der Waals surface area contributed by atoms with Crippen LogP contribution >= 0.6 is 0 Å². The number of carbonyl (C=O) groups excluding carboxylic acids is 1. The fraction of sp³-hybridized carbons (Fsp3) is 0.174. The van der Waals surface area contributed by atoms with Crippen LogP contribution in [0.15, 0.2) is 79.0 Å². The quantitative estimate of drug-likeness (QED) is 0.523. The van der Waals surface area contributed by atoms with E-state index in [1.54, 1.807) is 6.20 Å². The Balaban J connectivity index is 1.53. The number of amides is 1. The van der Waals surface area contributed by atoms with Gasteiger partial charge in [-0.2, -0.15) is 0 Å². The molecular formula is C23H22N4O2. The first-order valence-electron chi connectivity index (χ1n) is 9.53. The molecule has 0 fully saturated rings. The fourth-order valence-electron chi connectivity index (χ4n) is 3.21. The van der Waals surface area contributed by atoms with Gasteiger partial charge in [0.15, 0.2) is 0 Å². The molecule has 0 saturated carbocycles. The van der Waals surface area contributed by atoms with Gasteiger partial charge in [-0.1, -0.05) is 36.4 Å². The average molecular weight is 386 g/mol. The second-order valence-electron chi connectivity index (χ2n) is 6.75. The summed E-state index contributed by atoms with van der Waals surface area (Å²) in [6, 6.07) is 22.8. The summed E-state index contributed by atoms with van der Waals surface area (Å²) in [6.07, 6.45) is 1.72. The Hall–Kier alpha value is -3.67. The molecule has 2 aromatic heterocycles. The van der Waals surface area contributed by atoms with Gasteiger partial charge in [-0.3, -0.25) is 9.78 Å². The molecule has 4 aromatic rings. The number of carbonyl (C=O) groups is 1. The third-order valence-electron chi connectivity index (χ3n) is 4.66. The largest absolute Gasteiger partial charge is 0.486 e. The van der Waals surface area contributed by atoms with Gasteiger partial charge in [0.2, 0.25) is 5.91 Å². The van der Waals surface area contributed by atoms with Crippen LogP contribution < -0.4 is 10.1 Å². The Morgan fingerprint density at radius 2 is 1.79 bits per heavy atom. The number of fused-ring (bicyclic) bond motifs is 1. The third-order valence-corrected chi connectivity index (χ3v) is 4.66. The molecule has 0 saturated heterocycles. The Morgan fingerprint density at radius 1 is 1.03 bits per heavy atom. The maximum atomic E-state index is 12.7. The molecule has 0 radical (unpaired) electrons. The van der Waals surface area contributed by atoms with Gasteiger partial charge in [-0.25, -0.2) is 4.98 Å². The standard InChI is InChI=1S/C23H22N4O2/c1-17(19-11-7-8-14-24-19)25-23(28)15-27-21-13-6-5-12-20(21)26-22(27)16-29-18-9-3-2-4-10-18/h2-14,17H,15-16H2,1H3,(H,25,28)/t17-/m0/s1. The van der Waals surface area contributed by atoms with Crippen molar-refractivity contribution in [2.24, 2.45) is 0 Å². The van der Waals surface area contributed by atoms with Gasteiger partial charge < -0.3 is 14.6 Å². The highest BCUT2D eigenvalue weighted by atomic mass is 16.5. The first kappa shape index (κ1) is 18.7. The van der Waals surface area contributed by atoms with Gasteiger partial charge in [-0.15, -0.1) is 0 Å². The predicted molar refractivity (Wildman–Crippen MR) is 111 cm³/mol. The number of pyridine rings is 1. The molecule has 0 aliphatic heterocycles. The van der Waals surface area contributed by atoms with Gasteiger partial charge in [0, 0.05) is 6.20 Å². The van der Waals surface area contributed by atoms with Gasteiger partial charge in [0.05, 0.1) is 22.8 Å². The van der Waals surface area contributed by atoms with E-state index in [9.17, 15) is 4.79 Å². The van der Waals surface area contributed by atoms with E-state index in [2.05, 4.69) is 15.3 Å². The molecule has 0 bridgehead atoms. The van der Waals surface area contributed by atoms with Gasteiger partial charge in [0.1, 0.15) is 24.7 Å². The summed E-state index contributed by atoms with van der Waals surface area (Å²) >= 11 is 0. The second-order valence-corrected chi connectivity index (χ2v) is 6.75. The molecule has 2 aromatic carbocycles. The highest BCUT2D eigenvalue weighted by Crippen LogP contribution is 2.18. The van der Waals surface area contributed by atoms with Crippen molar-refractivity contribution in [1.29, 1.82) is 0 Å². The summed E-state index contributed by atoms with van der Waals surface area (Å²) in [4.78, 5) is 21.7. The molecule has 0 unspecified atom stereocenters. The summed E-state index contributed by atoms with van der Waals surface area (Å²) in [7, 11) is 0. The van der Waals surface area contributed by atoms with E-state index < -0.39 is 0 Å². The summed E-state index contributed by atoms with van der Waals surface area (Å²) in [6.45, 7) is 2.36. The molecule has 6 heteroatoms. The molecular weight excluding hydrogens is 364 g/mol. The Morgan fingerprint density at radius 3 is 2.59 bits per heavy atom. The van der Waals surface area contributed by atoms with E-state index in [1.165, 1.54) is 0 Å². The van der Waals surface area contributed by atoms with Crippen molar-refractivity contribution < 1.29 is 9.53 Å². The summed E-state index contributed by atoms with van der Waals surface area (Å²) in [5.74, 6) is 1.36. The lowest BCUT2D eigenvalue weighted by molar-refractivity contribution is -0.122. The fourth-order valence-corrected chi connectivity index (χ4v) is 3.21. The van der Waals surface area contributed by atoms with Gasteiger partial charge in [0.25, 0.3) is 0 Å². The predicted octanol–water partition coefficient (Wildman–Crippen LogP) is 3.89. The lowest BCUT2D eigenvalue weighted by atomic mass is 10.2. The van der Waals surface area contributed by atoms with Crippen molar-refractivity contribution >= 4 is 16.9 Å². The number of benzene rings is 2. The highest BCUT2D eigenvalue weighted by Gasteiger charge is 2.16. The molecule has 0 aliphatic carbocycles. The molecule has 6 nitrogen and oxygen atoms in total. The Kier molecular flexibility index (Phi) is 5.52. The van der Waals surface area contributed by atoms with Crippen LogP contribution in [-0.2, 0) is 17.9 Å². The number of hydrogen-bond donors (Lipinski definition) is 1. The number of rotatable bonds is 7. The molecule has 0 aliphatic rings. The van der Waals surface area contributed by atoms with Crippen molar-refractivity contribution in [2.75, 3.05) is 0 Å². The summed E-state index contributed by atoms with van der Waals surface area (Å²) < 4.78 is 7.77. The summed E-state index contributed by atoms with van der Waals surface area (Å²) in [5, 5.41) is 3.01. The molecule has 4 rings (SSSR count). The zero-order valence-corrected chi connectivity index (χ0v) is 16.2. The van der Waals surface area contributed by atoms with E-state index in [0.29, 0.717) is 5.82 Å². The van der Waals surface area contributed by atoms with Crippen LogP contribution in [0.25, 0.3) is 11.0 Å². The first-order valence-corrected chi connectivity index (χ1v) is 9.53. The molecule has 1 amide bonds. The van der Waals surface area contributed by atoms with Crippen molar-refractivity contribution in [2.45, 2.75) is 26.1 Å². The van der Waals surface area contributed by atoms with Crippen LogP contribution in [0.2, 0.25) is 0 Å². The third kappa shape index (κ3) is 4.43. The SMILES string of the molecule is C[C@H](NC(=O)Cn1c(COc2ccccc2)nc2ccccc21)c1ccccn1. The number of nitrogens with zero attached hydrogens (tertiary/aromatic N) is 3. The maximum Gasteiger partial charge on any atom is 0.240 e.